The van der Waals surface area contributed by atoms with Crippen LogP contribution in [0.2, 0.25) is 0 Å². The number of benzene rings is 1. The monoisotopic (exact) mass is 379 g/mol. The summed E-state index contributed by atoms with van der Waals surface area (Å²) in [7, 11) is 1.66. The van der Waals surface area contributed by atoms with Crippen LogP contribution in [0.3, 0.4) is 0 Å². The second kappa shape index (κ2) is 6.03. The molecule has 1 aromatic carbocycles. The second-order valence-electron chi connectivity index (χ2n) is 6.04. The first-order valence-electron chi connectivity index (χ1n) is 7.81. The summed E-state index contributed by atoms with van der Waals surface area (Å²) in [6.45, 7) is 2.04. The number of hydrogen-bond donors (Lipinski definition) is 2. The van der Waals surface area contributed by atoms with Gasteiger partial charge in [-0.1, -0.05) is 22.4 Å². The van der Waals surface area contributed by atoms with E-state index in [4.69, 9.17) is 21.2 Å². The Morgan fingerprint density at radius 3 is 2.57 bits per heavy atom. The normalized spacial score (nSPS) is 20.2. The van der Waals surface area contributed by atoms with Gasteiger partial charge in [-0.25, -0.2) is 4.99 Å². The van der Waals surface area contributed by atoms with E-state index in [2.05, 4.69) is 20.9 Å². The van der Waals surface area contributed by atoms with Gasteiger partial charge < -0.3 is 16.2 Å². The molecule has 0 amide bonds. The van der Waals surface area contributed by atoms with Gasteiger partial charge >= 0.3 is 0 Å². The number of anilines is 1. The smallest absolute Gasteiger partial charge is 0.220 e. The van der Waals surface area contributed by atoms with Gasteiger partial charge in [0.05, 0.1) is 12.8 Å². The van der Waals surface area contributed by atoms with Gasteiger partial charge in [-0.2, -0.15) is 4.99 Å². The Balaban J connectivity index is 2.20. The molecular weight excluding hydrogens is 358 g/mol. The maximum absolute atomic E-state index is 6.29. The van der Waals surface area contributed by atoms with Crippen LogP contribution in [0.5, 0.6) is 5.75 Å². The lowest BCUT2D eigenvalue weighted by molar-refractivity contribution is 0.302. The fraction of sp³-hybridized carbons (Fsp3) is 0.500. The largest absolute Gasteiger partial charge is 0.495 e. The number of hydrogen-bond acceptors (Lipinski definition) is 6. The Morgan fingerprint density at radius 2 is 1.91 bits per heavy atom. The average molecular weight is 380 g/mol. The van der Waals surface area contributed by atoms with Gasteiger partial charge in [0.2, 0.25) is 11.9 Å². The van der Waals surface area contributed by atoms with Crippen molar-refractivity contribution in [2.75, 3.05) is 12.0 Å². The van der Waals surface area contributed by atoms with Crippen molar-refractivity contribution in [2.45, 2.75) is 44.7 Å². The molecule has 6 nitrogen and oxygen atoms in total. The Kier molecular flexibility index (Phi) is 4.23. The van der Waals surface area contributed by atoms with Crippen molar-refractivity contribution < 1.29 is 4.74 Å². The van der Waals surface area contributed by atoms with Gasteiger partial charge in [-0.3, -0.25) is 4.90 Å². The van der Waals surface area contributed by atoms with E-state index in [9.17, 15) is 0 Å². The van der Waals surface area contributed by atoms with E-state index < -0.39 is 5.66 Å². The van der Waals surface area contributed by atoms with Crippen LogP contribution in [0.1, 0.15) is 37.7 Å². The van der Waals surface area contributed by atoms with E-state index in [1.54, 1.807) is 7.11 Å². The Morgan fingerprint density at radius 1 is 1.22 bits per heavy atom. The zero-order chi connectivity index (χ0) is 16.6. The number of rotatable bonds is 2. The van der Waals surface area contributed by atoms with Crippen molar-refractivity contribution >= 4 is 33.5 Å². The fourth-order valence-electron chi connectivity index (χ4n) is 3.54. The third kappa shape index (κ3) is 2.67. The molecule has 7 heteroatoms. The molecule has 23 heavy (non-hydrogen) atoms. The molecule has 124 valence electrons. The van der Waals surface area contributed by atoms with E-state index in [0.29, 0.717) is 5.96 Å². The molecule has 1 aromatic rings. The van der Waals surface area contributed by atoms with Gasteiger partial charge in [0.25, 0.3) is 0 Å². The van der Waals surface area contributed by atoms with E-state index in [1.807, 2.05) is 24.0 Å². The third-order valence-corrected chi connectivity index (χ3v) is 5.48. The minimum atomic E-state index is -0.465. The summed E-state index contributed by atoms with van der Waals surface area (Å²) >= 11 is 3.60. The minimum absolute atomic E-state index is 0.257. The number of ether oxygens (including phenoxy) is 1. The van der Waals surface area contributed by atoms with Crippen molar-refractivity contribution in [3.8, 4) is 5.75 Å². The lowest BCUT2D eigenvalue weighted by atomic mass is 9.87. The molecular formula is C16H22BrN5O. The number of guanidine groups is 2. The molecule has 1 aliphatic heterocycles. The molecule has 3 rings (SSSR count). The molecule has 0 atom stereocenters. The third-order valence-electron chi connectivity index (χ3n) is 4.62. The number of nitrogens with two attached hydrogens (primary N) is 2. The van der Waals surface area contributed by atoms with Gasteiger partial charge in [-0.15, -0.1) is 0 Å². The average Bonchev–Trinajstić information content (AvgIpc) is 2.51. The quantitative estimate of drug-likeness (QED) is 0.826. The van der Waals surface area contributed by atoms with Crippen LogP contribution in [0.25, 0.3) is 0 Å². The molecule has 2 aliphatic rings. The summed E-state index contributed by atoms with van der Waals surface area (Å²) < 4.78 is 6.59. The molecule has 0 radical (unpaired) electrons. The van der Waals surface area contributed by atoms with E-state index in [0.717, 1.165) is 47.2 Å². The number of halogens is 1. The molecule has 1 aliphatic carbocycles. The summed E-state index contributed by atoms with van der Waals surface area (Å²) in [6.07, 6.45) is 5.20. The molecule has 0 unspecified atom stereocenters. The lowest BCUT2D eigenvalue weighted by Gasteiger charge is -2.46. The highest BCUT2D eigenvalue weighted by Crippen LogP contribution is 2.45. The van der Waals surface area contributed by atoms with Gasteiger partial charge in [0, 0.05) is 4.47 Å². The molecule has 1 spiro atoms. The molecule has 1 saturated carbocycles. The van der Waals surface area contributed by atoms with Crippen LogP contribution in [-0.2, 0) is 0 Å². The van der Waals surface area contributed by atoms with Gasteiger partial charge in [-0.05, 0) is 50.3 Å². The summed E-state index contributed by atoms with van der Waals surface area (Å²) in [4.78, 5) is 10.9. The topological polar surface area (TPSA) is 89.2 Å². The van der Waals surface area contributed by atoms with Crippen molar-refractivity contribution in [1.82, 2.24) is 0 Å². The molecule has 1 fully saturated rings. The highest BCUT2D eigenvalue weighted by molar-refractivity contribution is 9.10. The summed E-state index contributed by atoms with van der Waals surface area (Å²) in [5.74, 6) is 1.38. The van der Waals surface area contributed by atoms with Crippen LogP contribution < -0.4 is 21.1 Å². The number of aliphatic imine (C=N–C) groups is 2. The minimum Gasteiger partial charge on any atom is -0.495 e. The van der Waals surface area contributed by atoms with Crippen LogP contribution in [-0.4, -0.2) is 24.7 Å². The van der Waals surface area contributed by atoms with Gasteiger partial charge in [0.1, 0.15) is 11.4 Å². The van der Waals surface area contributed by atoms with Crippen LogP contribution in [0.4, 0.5) is 5.69 Å². The van der Waals surface area contributed by atoms with Crippen LogP contribution in [0.15, 0.2) is 26.6 Å². The van der Waals surface area contributed by atoms with E-state index in [1.165, 1.54) is 6.42 Å². The maximum Gasteiger partial charge on any atom is 0.220 e. The highest BCUT2D eigenvalue weighted by atomic mass is 79.9. The second-order valence-corrected chi connectivity index (χ2v) is 6.90. The number of nitrogens with zero attached hydrogens (tertiary/aromatic N) is 3. The van der Waals surface area contributed by atoms with Crippen molar-refractivity contribution in [3.63, 3.8) is 0 Å². The Labute approximate surface area is 144 Å². The lowest BCUT2D eigenvalue weighted by Crippen LogP contribution is -2.58. The van der Waals surface area contributed by atoms with Crippen LogP contribution >= 0.6 is 15.9 Å². The molecule has 0 aromatic heterocycles. The van der Waals surface area contributed by atoms with Crippen LogP contribution in [0, 0.1) is 6.92 Å². The predicted molar refractivity (Wildman–Crippen MR) is 97.0 cm³/mol. The Bertz CT molecular complexity index is 679. The zero-order valence-electron chi connectivity index (χ0n) is 13.5. The van der Waals surface area contributed by atoms with Crippen molar-refractivity contribution in [3.05, 3.63) is 22.2 Å². The maximum atomic E-state index is 6.29. The summed E-state index contributed by atoms with van der Waals surface area (Å²) in [6, 6.07) is 3.90. The fourth-order valence-corrected chi connectivity index (χ4v) is 3.86. The highest BCUT2D eigenvalue weighted by Gasteiger charge is 2.44. The molecule has 0 bridgehead atoms. The molecule has 4 N–H and O–H groups in total. The standard InChI is InChI=1S/C16H22BrN5O/c1-10-11(17)6-7-12(23-2)13(10)22-15(19)20-14(18)21-16(22)8-4-3-5-9-16/h6-7H,3-5,8-9H2,1-2H3,(H4,18,19,20,21). The van der Waals surface area contributed by atoms with E-state index in [-0.39, 0.29) is 5.96 Å². The van der Waals surface area contributed by atoms with Crippen molar-refractivity contribution in [1.29, 1.82) is 0 Å². The van der Waals surface area contributed by atoms with E-state index >= 15 is 0 Å². The number of methoxy groups -OCH3 is 1. The summed E-state index contributed by atoms with van der Waals surface area (Å²) in [5, 5.41) is 0. The predicted octanol–water partition coefficient (Wildman–Crippen LogP) is 2.88. The summed E-state index contributed by atoms with van der Waals surface area (Å²) in [5.41, 5.74) is 13.7. The van der Waals surface area contributed by atoms with Gasteiger partial charge in [0.15, 0.2) is 0 Å². The first-order valence-corrected chi connectivity index (χ1v) is 8.60. The first kappa shape index (κ1) is 16.1. The zero-order valence-corrected chi connectivity index (χ0v) is 15.1. The molecule has 0 saturated heterocycles. The van der Waals surface area contributed by atoms with Crippen molar-refractivity contribution in [2.24, 2.45) is 21.5 Å². The molecule has 1 heterocycles. The Hall–Kier alpha value is -1.76. The first-order chi connectivity index (χ1) is 11.0. The SMILES string of the molecule is COc1ccc(Br)c(C)c1N1C(N)=NC(N)=NC12CCCCC2.